The molecule has 1 heterocycles. The van der Waals surface area contributed by atoms with Gasteiger partial charge in [-0.25, -0.2) is 9.98 Å². The van der Waals surface area contributed by atoms with Crippen LogP contribution >= 0.6 is 47.2 Å². The maximum Gasteiger partial charge on any atom is 0.242 e. The number of nitrogens with one attached hydrogen (secondary N) is 4. The molecule has 0 aliphatic heterocycles. The number of halogens is 3. The Hall–Kier alpha value is -1.000. The van der Waals surface area contributed by atoms with E-state index in [2.05, 4.69) is 31.2 Å². The summed E-state index contributed by atoms with van der Waals surface area (Å²) in [7, 11) is 0. The molecule has 1 amide bonds. The Morgan fingerprint density at radius 2 is 1.92 bits per heavy atom. The molecule has 26 heavy (non-hydrogen) atoms. The molecule has 1 aromatic rings. The molecule has 0 unspecified atom stereocenters. The molecule has 7 nitrogen and oxygen atoms in total. The average molecular weight is 517 g/mol. The third-order valence-corrected chi connectivity index (χ3v) is 3.25. The average Bonchev–Trinajstić information content (AvgIpc) is 2.49. The van der Waals surface area contributed by atoms with Crippen molar-refractivity contribution in [1.29, 1.82) is 0 Å². The monoisotopic (exact) mass is 516 g/mol. The van der Waals surface area contributed by atoms with Gasteiger partial charge in [0.05, 0.1) is 10.0 Å². The first-order valence-electron chi connectivity index (χ1n) is 8.09. The zero-order valence-electron chi connectivity index (χ0n) is 15.4. The van der Waals surface area contributed by atoms with E-state index in [1.165, 1.54) is 6.20 Å². The number of pyridine rings is 1. The smallest absolute Gasteiger partial charge is 0.242 e. The highest BCUT2D eigenvalue weighted by molar-refractivity contribution is 14.0. The normalized spacial score (nSPS) is 11.4. The molecular formula is C16H27Cl2IN6O. The lowest BCUT2D eigenvalue weighted by Crippen LogP contribution is -2.43. The van der Waals surface area contributed by atoms with Crippen molar-refractivity contribution < 1.29 is 4.79 Å². The van der Waals surface area contributed by atoms with E-state index >= 15 is 0 Å². The van der Waals surface area contributed by atoms with E-state index in [9.17, 15) is 4.79 Å². The standard InChI is InChI=1S/C16H26Cl2N6O.HI/c1-5-19-15(23-10-13(25)24-16(2,3)4)21-7-6-20-14-12(18)8-11(17)9-22-14;/h8-9H,5-7,10H2,1-4H3,(H,20,22)(H,24,25)(H2,19,21,23);1H. The predicted molar refractivity (Wildman–Crippen MR) is 120 cm³/mol. The molecule has 148 valence electrons. The van der Waals surface area contributed by atoms with E-state index < -0.39 is 0 Å². The maximum absolute atomic E-state index is 11.8. The fourth-order valence-electron chi connectivity index (χ4n) is 1.86. The lowest BCUT2D eigenvalue weighted by Gasteiger charge is -2.20. The number of hydrogen-bond acceptors (Lipinski definition) is 4. The minimum Gasteiger partial charge on any atom is -0.367 e. The second-order valence-corrected chi connectivity index (χ2v) is 7.17. The molecule has 0 bridgehead atoms. The number of nitrogens with zero attached hydrogens (tertiary/aromatic N) is 2. The zero-order valence-corrected chi connectivity index (χ0v) is 19.3. The van der Waals surface area contributed by atoms with Crippen LogP contribution in [0.4, 0.5) is 5.82 Å². The van der Waals surface area contributed by atoms with Crippen molar-refractivity contribution in [2.75, 3.05) is 31.5 Å². The topological polar surface area (TPSA) is 90.4 Å². The van der Waals surface area contributed by atoms with Crippen molar-refractivity contribution in [3.63, 3.8) is 0 Å². The fraction of sp³-hybridized carbons (Fsp3) is 0.562. The zero-order chi connectivity index (χ0) is 18.9. The second kappa shape index (κ2) is 12.4. The first-order valence-corrected chi connectivity index (χ1v) is 8.85. The number of rotatable bonds is 7. The highest BCUT2D eigenvalue weighted by Crippen LogP contribution is 2.21. The maximum atomic E-state index is 11.8. The Morgan fingerprint density at radius 1 is 1.23 bits per heavy atom. The van der Waals surface area contributed by atoms with E-state index in [0.717, 1.165) is 0 Å². The van der Waals surface area contributed by atoms with E-state index in [0.29, 0.717) is 41.5 Å². The number of aromatic nitrogens is 1. The Morgan fingerprint density at radius 3 is 2.50 bits per heavy atom. The highest BCUT2D eigenvalue weighted by Gasteiger charge is 2.13. The number of anilines is 1. The lowest BCUT2D eigenvalue weighted by atomic mass is 10.1. The molecule has 0 saturated carbocycles. The summed E-state index contributed by atoms with van der Waals surface area (Å²) in [5.41, 5.74) is -0.271. The van der Waals surface area contributed by atoms with Crippen molar-refractivity contribution in [2.24, 2.45) is 4.99 Å². The molecule has 1 rings (SSSR count). The molecule has 0 aliphatic rings. The van der Waals surface area contributed by atoms with Gasteiger partial charge >= 0.3 is 0 Å². The van der Waals surface area contributed by atoms with Crippen LogP contribution in [-0.4, -0.2) is 48.6 Å². The number of amides is 1. The summed E-state index contributed by atoms with van der Waals surface area (Å²) in [6.07, 6.45) is 1.53. The van der Waals surface area contributed by atoms with E-state index in [1.807, 2.05) is 27.7 Å². The van der Waals surface area contributed by atoms with Crippen molar-refractivity contribution in [1.82, 2.24) is 20.9 Å². The number of hydrogen-bond donors (Lipinski definition) is 4. The van der Waals surface area contributed by atoms with Crippen LogP contribution in [0.25, 0.3) is 0 Å². The van der Waals surface area contributed by atoms with Crippen molar-refractivity contribution in [3.8, 4) is 0 Å². The molecule has 0 saturated heterocycles. The third-order valence-electron chi connectivity index (χ3n) is 2.76. The van der Waals surface area contributed by atoms with Gasteiger partial charge < -0.3 is 21.3 Å². The SMILES string of the molecule is CCNC(=NCC(=O)NC(C)(C)C)NCCNc1ncc(Cl)cc1Cl.I. The molecular weight excluding hydrogens is 490 g/mol. The van der Waals surface area contributed by atoms with Crippen molar-refractivity contribution in [2.45, 2.75) is 33.2 Å². The Balaban J connectivity index is 0.00000625. The molecule has 0 radical (unpaired) electrons. The summed E-state index contributed by atoms with van der Waals surface area (Å²) in [4.78, 5) is 20.2. The largest absolute Gasteiger partial charge is 0.367 e. The van der Waals surface area contributed by atoms with Gasteiger partial charge in [-0.2, -0.15) is 0 Å². The van der Waals surface area contributed by atoms with Crippen LogP contribution < -0.4 is 21.3 Å². The Bertz CT molecular complexity index is 607. The lowest BCUT2D eigenvalue weighted by molar-refractivity contribution is -0.121. The quantitative estimate of drug-likeness (QED) is 0.194. The molecule has 4 N–H and O–H groups in total. The van der Waals surface area contributed by atoms with Crippen LogP contribution in [0, 0.1) is 0 Å². The van der Waals surface area contributed by atoms with Crippen LogP contribution in [0.3, 0.4) is 0 Å². The van der Waals surface area contributed by atoms with Crippen LogP contribution in [0.15, 0.2) is 17.3 Å². The minimum absolute atomic E-state index is 0. The Kier molecular flexibility index (Phi) is 11.9. The predicted octanol–water partition coefficient (Wildman–Crippen LogP) is 2.89. The summed E-state index contributed by atoms with van der Waals surface area (Å²) in [5, 5.41) is 13.2. The van der Waals surface area contributed by atoms with Crippen molar-refractivity contribution in [3.05, 3.63) is 22.3 Å². The molecule has 0 fully saturated rings. The summed E-state index contributed by atoms with van der Waals surface area (Å²) in [6, 6.07) is 1.63. The van der Waals surface area contributed by atoms with E-state index in [-0.39, 0.29) is 42.0 Å². The van der Waals surface area contributed by atoms with Gasteiger partial charge in [-0.05, 0) is 33.8 Å². The number of guanidine groups is 1. The van der Waals surface area contributed by atoms with Crippen LogP contribution in [0.5, 0.6) is 0 Å². The van der Waals surface area contributed by atoms with Gasteiger partial charge in [0.25, 0.3) is 0 Å². The Labute approximate surface area is 182 Å². The summed E-state index contributed by atoms with van der Waals surface area (Å²) in [6.45, 7) is 9.66. The van der Waals surface area contributed by atoms with Gasteiger partial charge in [-0.1, -0.05) is 23.2 Å². The fourth-order valence-corrected chi connectivity index (χ4v) is 2.30. The van der Waals surface area contributed by atoms with Crippen LogP contribution in [-0.2, 0) is 4.79 Å². The number of carbonyl (C=O) groups excluding carboxylic acids is 1. The second-order valence-electron chi connectivity index (χ2n) is 6.33. The van der Waals surface area contributed by atoms with Gasteiger partial charge in [0.15, 0.2) is 5.96 Å². The molecule has 10 heteroatoms. The van der Waals surface area contributed by atoms with Crippen molar-refractivity contribution >= 4 is 64.9 Å². The van der Waals surface area contributed by atoms with Gasteiger partial charge in [0, 0.05) is 31.4 Å². The summed E-state index contributed by atoms with van der Waals surface area (Å²) < 4.78 is 0. The molecule has 0 spiro atoms. The van der Waals surface area contributed by atoms with E-state index in [4.69, 9.17) is 23.2 Å². The number of aliphatic imine (C=N–C) groups is 1. The van der Waals surface area contributed by atoms with Gasteiger partial charge in [0.2, 0.25) is 5.91 Å². The molecule has 0 atom stereocenters. The van der Waals surface area contributed by atoms with Crippen LogP contribution in [0.1, 0.15) is 27.7 Å². The van der Waals surface area contributed by atoms with E-state index in [1.54, 1.807) is 6.07 Å². The molecule has 1 aromatic heterocycles. The third kappa shape index (κ3) is 10.9. The van der Waals surface area contributed by atoms with Gasteiger partial charge in [0.1, 0.15) is 12.4 Å². The molecule has 0 aliphatic carbocycles. The van der Waals surface area contributed by atoms with Gasteiger partial charge in [-0.3, -0.25) is 4.79 Å². The van der Waals surface area contributed by atoms with Gasteiger partial charge in [-0.15, -0.1) is 24.0 Å². The first kappa shape index (κ1) is 25.0. The minimum atomic E-state index is -0.271. The summed E-state index contributed by atoms with van der Waals surface area (Å²) >= 11 is 11.9. The summed E-state index contributed by atoms with van der Waals surface area (Å²) in [5.74, 6) is 1.02. The highest BCUT2D eigenvalue weighted by atomic mass is 127. The molecule has 0 aromatic carbocycles. The number of carbonyl (C=O) groups is 1. The van der Waals surface area contributed by atoms with Crippen LogP contribution in [0.2, 0.25) is 10.0 Å². The first-order chi connectivity index (χ1) is 11.7.